The zero-order valence-corrected chi connectivity index (χ0v) is 14.4. The average molecular weight is 346 g/mol. The molecule has 0 saturated carbocycles. The van der Waals surface area contributed by atoms with Crippen LogP contribution in [0.2, 0.25) is 5.02 Å². The first-order valence-electron chi connectivity index (χ1n) is 7.53. The summed E-state index contributed by atoms with van der Waals surface area (Å²) in [6, 6.07) is 14.6. The highest BCUT2D eigenvalue weighted by Gasteiger charge is 2.10. The third kappa shape index (κ3) is 4.99. The Bertz CT molecular complexity index is 714. The molecule has 2 amide bonds. The van der Waals surface area contributed by atoms with E-state index >= 15 is 0 Å². The van der Waals surface area contributed by atoms with E-state index in [1.807, 2.05) is 43.3 Å². The van der Waals surface area contributed by atoms with Crippen molar-refractivity contribution in [3.63, 3.8) is 0 Å². The molecule has 5 nitrogen and oxygen atoms in total. The number of anilines is 1. The molecule has 0 bridgehead atoms. The van der Waals surface area contributed by atoms with Crippen LogP contribution in [-0.4, -0.2) is 32.5 Å². The van der Waals surface area contributed by atoms with Gasteiger partial charge in [0, 0.05) is 26.3 Å². The van der Waals surface area contributed by atoms with Crippen molar-refractivity contribution < 1.29 is 9.59 Å². The molecule has 0 radical (unpaired) electrons. The molecule has 2 N–H and O–H groups in total. The number of carbonyl (C=O) groups excluding carboxylic acids is 2. The van der Waals surface area contributed by atoms with Crippen molar-refractivity contribution in [1.29, 1.82) is 0 Å². The molecule has 2 aromatic carbocycles. The summed E-state index contributed by atoms with van der Waals surface area (Å²) in [4.78, 5) is 25.8. The number of carbonyl (C=O) groups is 2. The summed E-state index contributed by atoms with van der Waals surface area (Å²) in [5.41, 5.74) is 2.44. The maximum atomic E-state index is 12.0. The van der Waals surface area contributed by atoms with Crippen molar-refractivity contribution >= 4 is 29.1 Å². The lowest BCUT2D eigenvalue weighted by atomic mass is 10.2. The monoisotopic (exact) mass is 345 g/mol. The fourth-order valence-corrected chi connectivity index (χ4v) is 2.30. The SMILES string of the molecule is CN(C)c1ccc(CNC(=O)CNC(=O)c2ccccc2Cl)cc1. The minimum atomic E-state index is -0.369. The summed E-state index contributed by atoms with van der Waals surface area (Å²) >= 11 is 5.95. The maximum absolute atomic E-state index is 12.0. The molecule has 0 atom stereocenters. The van der Waals surface area contributed by atoms with Crippen molar-refractivity contribution in [3.8, 4) is 0 Å². The number of hydrogen-bond donors (Lipinski definition) is 2. The third-order valence-electron chi connectivity index (χ3n) is 3.47. The molecule has 2 aromatic rings. The van der Waals surface area contributed by atoms with Crippen LogP contribution in [0.3, 0.4) is 0 Å². The third-order valence-corrected chi connectivity index (χ3v) is 3.80. The highest BCUT2D eigenvalue weighted by molar-refractivity contribution is 6.33. The molecular formula is C18H20ClN3O2. The highest BCUT2D eigenvalue weighted by Crippen LogP contribution is 2.14. The number of benzene rings is 2. The summed E-state index contributed by atoms with van der Waals surface area (Å²) in [5, 5.41) is 5.68. The number of nitrogens with one attached hydrogen (secondary N) is 2. The Balaban J connectivity index is 1.79. The van der Waals surface area contributed by atoms with Crippen molar-refractivity contribution in [2.75, 3.05) is 25.5 Å². The van der Waals surface area contributed by atoms with Crippen LogP contribution < -0.4 is 15.5 Å². The first-order valence-corrected chi connectivity index (χ1v) is 7.91. The van der Waals surface area contributed by atoms with E-state index in [1.165, 1.54) is 0 Å². The maximum Gasteiger partial charge on any atom is 0.253 e. The van der Waals surface area contributed by atoms with Crippen molar-refractivity contribution in [1.82, 2.24) is 10.6 Å². The first kappa shape index (κ1) is 17.8. The molecule has 6 heteroatoms. The van der Waals surface area contributed by atoms with Crippen molar-refractivity contribution in [2.45, 2.75) is 6.54 Å². The van der Waals surface area contributed by atoms with Gasteiger partial charge in [-0.2, -0.15) is 0 Å². The average Bonchev–Trinajstić information content (AvgIpc) is 2.58. The van der Waals surface area contributed by atoms with E-state index in [2.05, 4.69) is 10.6 Å². The van der Waals surface area contributed by atoms with Gasteiger partial charge in [0.25, 0.3) is 5.91 Å². The Morgan fingerprint density at radius 2 is 1.67 bits per heavy atom. The second kappa shape index (κ2) is 8.36. The minimum absolute atomic E-state index is 0.0974. The zero-order chi connectivity index (χ0) is 17.5. The second-order valence-corrected chi connectivity index (χ2v) is 5.91. The molecule has 0 aliphatic carbocycles. The van der Waals surface area contributed by atoms with E-state index in [0.717, 1.165) is 11.3 Å². The summed E-state index contributed by atoms with van der Waals surface area (Å²) in [6.45, 7) is 0.314. The van der Waals surface area contributed by atoms with Crippen LogP contribution in [0.15, 0.2) is 48.5 Å². The smallest absolute Gasteiger partial charge is 0.253 e. The number of rotatable bonds is 6. The fourth-order valence-electron chi connectivity index (χ4n) is 2.08. The lowest BCUT2D eigenvalue weighted by Gasteiger charge is -2.13. The van der Waals surface area contributed by atoms with Crippen molar-refractivity contribution in [2.24, 2.45) is 0 Å². The number of hydrogen-bond acceptors (Lipinski definition) is 3. The van der Waals surface area contributed by atoms with E-state index < -0.39 is 0 Å². The topological polar surface area (TPSA) is 61.4 Å². The van der Waals surface area contributed by atoms with E-state index in [1.54, 1.807) is 24.3 Å². The number of amides is 2. The zero-order valence-electron chi connectivity index (χ0n) is 13.7. The normalized spacial score (nSPS) is 10.1. The Labute approximate surface area is 146 Å². The molecule has 0 fully saturated rings. The molecule has 0 aliphatic rings. The van der Waals surface area contributed by atoms with Gasteiger partial charge in [-0.3, -0.25) is 9.59 Å². The Morgan fingerprint density at radius 1 is 1.00 bits per heavy atom. The Kier molecular flexibility index (Phi) is 6.21. The Hall–Kier alpha value is -2.53. The van der Waals surface area contributed by atoms with Crippen molar-refractivity contribution in [3.05, 3.63) is 64.7 Å². The Morgan fingerprint density at radius 3 is 2.29 bits per heavy atom. The summed E-state index contributed by atoms with van der Waals surface area (Å²) in [6.07, 6.45) is 0. The van der Waals surface area contributed by atoms with Crippen LogP contribution in [0, 0.1) is 0 Å². The van der Waals surface area contributed by atoms with Gasteiger partial charge in [-0.15, -0.1) is 0 Å². The number of halogens is 1. The van der Waals surface area contributed by atoms with Crippen LogP contribution in [0.4, 0.5) is 5.69 Å². The van der Waals surface area contributed by atoms with Gasteiger partial charge in [-0.25, -0.2) is 0 Å². The minimum Gasteiger partial charge on any atom is -0.378 e. The highest BCUT2D eigenvalue weighted by atomic mass is 35.5. The van der Waals surface area contributed by atoms with Gasteiger partial charge in [0.1, 0.15) is 0 Å². The first-order chi connectivity index (χ1) is 11.5. The van der Waals surface area contributed by atoms with E-state index in [9.17, 15) is 9.59 Å². The van der Waals surface area contributed by atoms with Gasteiger partial charge in [0.15, 0.2) is 0 Å². The molecule has 0 aromatic heterocycles. The van der Waals surface area contributed by atoms with Gasteiger partial charge in [-0.05, 0) is 29.8 Å². The van der Waals surface area contributed by atoms with Gasteiger partial charge < -0.3 is 15.5 Å². The van der Waals surface area contributed by atoms with E-state index in [0.29, 0.717) is 17.1 Å². The summed E-state index contributed by atoms with van der Waals surface area (Å²) in [7, 11) is 3.94. The number of nitrogens with zero attached hydrogens (tertiary/aromatic N) is 1. The molecular weight excluding hydrogens is 326 g/mol. The predicted molar refractivity (Wildman–Crippen MR) is 96.4 cm³/mol. The van der Waals surface area contributed by atoms with E-state index in [-0.39, 0.29) is 18.4 Å². The fraction of sp³-hybridized carbons (Fsp3) is 0.222. The molecule has 24 heavy (non-hydrogen) atoms. The standard InChI is InChI=1S/C18H20ClN3O2/c1-22(2)14-9-7-13(8-10-14)11-20-17(23)12-21-18(24)15-5-3-4-6-16(15)19/h3-10H,11-12H2,1-2H3,(H,20,23)(H,21,24). The van der Waals surface area contributed by atoms with Gasteiger partial charge >= 0.3 is 0 Å². The van der Waals surface area contributed by atoms with Crippen LogP contribution in [-0.2, 0) is 11.3 Å². The molecule has 0 spiro atoms. The molecule has 0 unspecified atom stereocenters. The largest absolute Gasteiger partial charge is 0.378 e. The molecule has 0 aliphatic heterocycles. The lowest BCUT2D eigenvalue weighted by Crippen LogP contribution is -2.36. The molecule has 0 saturated heterocycles. The lowest BCUT2D eigenvalue weighted by molar-refractivity contribution is -0.120. The van der Waals surface area contributed by atoms with Crippen LogP contribution in [0.25, 0.3) is 0 Å². The van der Waals surface area contributed by atoms with Gasteiger partial charge in [0.2, 0.25) is 5.91 Å². The van der Waals surface area contributed by atoms with Crippen LogP contribution in [0.5, 0.6) is 0 Å². The van der Waals surface area contributed by atoms with Gasteiger partial charge in [-0.1, -0.05) is 35.9 Å². The molecule has 0 heterocycles. The van der Waals surface area contributed by atoms with Gasteiger partial charge in [0.05, 0.1) is 17.1 Å². The quantitative estimate of drug-likeness (QED) is 0.845. The molecule has 2 rings (SSSR count). The molecule has 126 valence electrons. The van der Waals surface area contributed by atoms with E-state index in [4.69, 9.17) is 11.6 Å². The van der Waals surface area contributed by atoms with Crippen LogP contribution in [0.1, 0.15) is 15.9 Å². The predicted octanol–water partition coefficient (Wildman–Crippen LogP) is 2.45. The van der Waals surface area contributed by atoms with Crippen LogP contribution >= 0.6 is 11.6 Å². The second-order valence-electron chi connectivity index (χ2n) is 5.50. The summed E-state index contributed by atoms with van der Waals surface area (Å²) < 4.78 is 0. The summed E-state index contributed by atoms with van der Waals surface area (Å²) in [5.74, 6) is -0.627.